The SMILES string of the molecule is Cc1ccc(C(C)NCC2(N(C)C)CCCCC2)c(C)c1. The fourth-order valence-electron chi connectivity index (χ4n) is 3.76. The van der Waals surface area contributed by atoms with Gasteiger partial charge in [0.25, 0.3) is 0 Å². The van der Waals surface area contributed by atoms with Crippen LogP contribution in [0.1, 0.15) is 61.8 Å². The van der Waals surface area contributed by atoms with Gasteiger partial charge in [0.05, 0.1) is 0 Å². The lowest BCUT2D eigenvalue weighted by atomic mass is 9.80. The summed E-state index contributed by atoms with van der Waals surface area (Å²) in [4.78, 5) is 2.45. The topological polar surface area (TPSA) is 15.3 Å². The first-order valence-electron chi connectivity index (χ1n) is 8.42. The predicted molar refractivity (Wildman–Crippen MR) is 91.8 cm³/mol. The molecule has 0 bridgehead atoms. The number of benzene rings is 1. The maximum absolute atomic E-state index is 3.81. The lowest BCUT2D eigenvalue weighted by Gasteiger charge is -2.44. The number of nitrogens with one attached hydrogen (secondary N) is 1. The van der Waals surface area contributed by atoms with E-state index in [2.05, 4.69) is 63.3 Å². The van der Waals surface area contributed by atoms with Gasteiger partial charge < -0.3 is 10.2 Å². The fraction of sp³-hybridized carbons (Fsp3) is 0.684. The highest BCUT2D eigenvalue weighted by atomic mass is 15.2. The Bertz CT molecular complexity index is 459. The third kappa shape index (κ3) is 3.87. The molecule has 1 aliphatic carbocycles. The van der Waals surface area contributed by atoms with E-state index >= 15 is 0 Å². The second kappa shape index (κ2) is 6.93. The quantitative estimate of drug-likeness (QED) is 0.872. The van der Waals surface area contributed by atoms with Crippen LogP contribution >= 0.6 is 0 Å². The van der Waals surface area contributed by atoms with Gasteiger partial charge >= 0.3 is 0 Å². The number of nitrogens with zero attached hydrogens (tertiary/aromatic N) is 1. The molecule has 21 heavy (non-hydrogen) atoms. The zero-order valence-electron chi connectivity index (χ0n) is 14.5. The van der Waals surface area contributed by atoms with E-state index in [1.165, 1.54) is 48.8 Å². The normalized spacial score (nSPS) is 19.7. The second-order valence-electron chi connectivity index (χ2n) is 7.14. The van der Waals surface area contributed by atoms with Crippen LogP contribution in [0.2, 0.25) is 0 Å². The molecule has 1 atom stereocenters. The molecule has 0 aromatic heterocycles. The van der Waals surface area contributed by atoms with Crippen molar-refractivity contribution in [2.75, 3.05) is 20.6 Å². The summed E-state index contributed by atoms with van der Waals surface area (Å²) in [5, 5.41) is 3.81. The highest BCUT2D eigenvalue weighted by Crippen LogP contribution is 2.32. The smallest absolute Gasteiger partial charge is 0.0328 e. The van der Waals surface area contributed by atoms with Crippen molar-refractivity contribution in [3.63, 3.8) is 0 Å². The van der Waals surface area contributed by atoms with E-state index < -0.39 is 0 Å². The summed E-state index contributed by atoms with van der Waals surface area (Å²) < 4.78 is 0. The van der Waals surface area contributed by atoms with E-state index in [4.69, 9.17) is 0 Å². The Kier molecular flexibility index (Phi) is 5.45. The summed E-state index contributed by atoms with van der Waals surface area (Å²) in [5.74, 6) is 0. The van der Waals surface area contributed by atoms with Gasteiger partial charge in [-0.15, -0.1) is 0 Å². The first-order chi connectivity index (χ1) is 9.94. The largest absolute Gasteiger partial charge is 0.308 e. The standard InChI is InChI=1S/C19H32N2/c1-15-9-10-18(16(2)13-15)17(3)20-14-19(21(4)5)11-7-6-8-12-19/h9-10,13,17,20H,6-8,11-12,14H2,1-5H3. The van der Waals surface area contributed by atoms with Crippen LogP contribution in [0.4, 0.5) is 0 Å². The van der Waals surface area contributed by atoms with Crippen molar-refractivity contribution in [2.24, 2.45) is 0 Å². The number of likely N-dealkylation sites (N-methyl/N-ethyl adjacent to an activating group) is 1. The molecule has 2 rings (SSSR count). The van der Waals surface area contributed by atoms with Gasteiger partial charge in [-0.3, -0.25) is 0 Å². The molecular weight excluding hydrogens is 256 g/mol. The maximum atomic E-state index is 3.81. The molecule has 2 heteroatoms. The summed E-state index contributed by atoms with van der Waals surface area (Å²) in [6.45, 7) is 7.78. The summed E-state index contributed by atoms with van der Waals surface area (Å²) in [6, 6.07) is 7.22. The molecule has 1 aliphatic rings. The Morgan fingerprint density at radius 1 is 1.14 bits per heavy atom. The van der Waals surface area contributed by atoms with E-state index in [1.54, 1.807) is 0 Å². The van der Waals surface area contributed by atoms with Gasteiger partial charge in [-0.05, 0) is 58.8 Å². The van der Waals surface area contributed by atoms with E-state index in [0.29, 0.717) is 11.6 Å². The first-order valence-corrected chi connectivity index (χ1v) is 8.42. The van der Waals surface area contributed by atoms with Gasteiger partial charge in [0.2, 0.25) is 0 Å². The monoisotopic (exact) mass is 288 g/mol. The molecule has 0 saturated heterocycles. The Labute approximate surface area is 130 Å². The van der Waals surface area contributed by atoms with Crippen LogP contribution in [0, 0.1) is 13.8 Å². The van der Waals surface area contributed by atoms with Crippen molar-refractivity contribution in [3.05, 3.63) is 34.9 Å². The van der Waals surface area contributed by atoms with Gasteiger partial charge in [-0.25, -0.2) is 0 Å². The maximum Gasteiger partial charge on any atom is 0.0328 e. The second-order valence-corrected chi connectivity index (χ2v) is 7.14. The van der Waals surface area contributed by atoms with Crippen LogP contribution in [0.5, 0.6) is 0 Å². The number of hydrogen-bond donors (Lipinski definition) is 1. The predicted octanol–water partition coefficient (Wildman–Crippen LogP) is 4.22. The Morgan fingerprint density at radius 2 is 1.81 bits per heavy atom. The molecule has 1 aromatic carbocycles. The molecule has 0 spiro atoms. The average molecular weight is 288 g/mol. The van der Waals surface area contributed by atoms with Crippen molar-refractivity contribution in [2.45, 2.75) is 64.5 Å². The molecule has 2 nitrogen and oxygen atoms in total. The summed E-state index contributed by atoms with van der Waals surface area (Å²) in [5.41, 5.74) is 4.54. The van der Waals surface area contributed by atoms with Gasteiger partial charge in [0, 0.05) is 18.1 Å². The number of aryl methyl sites for hydroxylation is 2. The molecule has 118 valence electrons. The zero-order valence-corrected chi connectivity index (χ0v) is 14.5. The van der Waals surface area contributed by atoms with Crippen LogP contribution < -0.4 is 5.32 Å². The minimum absolute atomic E-state index is 0.352. The van der Waals surface area contributed by atoms with Crippen LogP contribution in [-0.2, 0) is 0 Å². The molecule has 0 radical (unpaired) electrons. The third-order valence-electron chi connectivity index (χ3n) is 5.36. The van der Waals surface area contributed by atoms with Crippen LogP contribution in [0.25, 0.3) is 0 Å². The zero-order chi connectivity index (χ0) is 15.5. The Balaban J connectivity index is 2.03. The number of rotatable bonds is 5. The average Bonchev–Trinajstić information content (AvgIpc) is 2.45. The van der Waals surface area contributed by atoms with Gasteiger partial charge in [-0.1, -0.05) is 43.0 Å². The fourth-order valence-corrected chi connectivity index (χ4v) is 3.76. The molecule has 1 unspecified atom stereocenters. The minimum atomic E-state index is 0.352. The molecule has 0 heterocycles. The van der Waals surface area contributed by atoms with E-state index in [0.717, 1.165) is 6.54 Å². The molecular formula is C19H32N2. The minimum Gasteiger partial charge on any atom is -0.308 e. The molecule has 0 aliphatic heterocycles. The summed E-state index contributed by atoms with van der Waals surface area (Å²) >= 11 is 0. The van der Waals surface area contributed by atoms with Gasteiger partial charge in [-0.2, -0.15) is 0 Å². The van der Waals surface area contributed by atoms with Crippen molar-refractivity contribution in [1.82, 2.24) is 10.2 Å². The highest BCUT2D eigenvalue weighted by molar-refractivity contribution is 5.32. The third-order valence-corrected chi connectivity index (χ3v) is 5.36. The molecule has 1 aromatic rings. The van der Waals surface area contributed by atoms with Crippen LogP contribution in [0.15, 0.2) is 18.2 Å². The summed E-state index contributed by atoms with van der Waals surface area (Å²) in [6.07, 6.45) is 6.80. The number of hydrogen-bond acceptors (Lipinski definition) is 2. The Morgan fingerprint density at radius 3 is 2.38 bits per heavy atom. The van der Waals surface area contributed by atoms with Crippen LogP contribution in [0.3, 0.4) is 0 Å². The lowest BCUT2D eigenvalue weighted by Crippen LogP contribution is -2.53. The van der Waals surface area contributed by atoms with Gasteiger partial charge in [0.15, 0.2) is 0 Å². The first kappa shape index (κ1) is 16.5. The van der Waals surface area contributed by atoms with Crippen molar-refractivity contribution in [3.8, 4) is 0 Å². The van der Waals surface area contributed by atoms with Crippen LogP contribution in [-0.4, -0.2) is 31.1 Å². The van der Waals surface area contributed by atoms with E-state index in [9.17, 15) is 0 Å². The van der Waals surface area contributed by atoms with E-state index in [1.807, 2.05) is 0 Å². The van der Waals surface area contributed by atoms with Crippen molar-refractivity contribution >= 4 is 0 Å². The summed E-state index contributed by atoms with van der Waals surface area (Å²) in [7, 11) is 4.49. The highest BCUT2D eigenvalue weighted by Gasteiger charge is 2.34. The van der Waals surface area contributed by atoms with Crippen molar-refractivity contribution in [1.29, 1.82) is 0 Å². The van der Waals surface area contributed by atoms with Crippen molar-refractivity contribution < 1.29 is 0 Å². The molecule has 1 saturated carbocycles. The lowest BCUT2D eigenvalue weighted by molar-refractivity contribution is 0.0958. The Hall–Kier alpha value is -0.860. The van der Waals surface area contributed by atoms with Gasteiger partial charge in [0.1, 0.15) is 0 Å². The molecule has 1 fully saturated rings. The van der Waals surface area contributed by atoms with E-state index in [-0.39, 0.29) is 0 Å². The molecule has 1 N–H and O–H groups in total. The molecule has 0 amide bonds.